The number of sulfonamides is 1. The van der Waals surface area contributed by atoms with Gasteiger partial charge in [-0.25, -0.2) is 13.1 Å². The number of nitro benzene ring substituents is 1. The zero-order chi connectivity index (χ0) is 47.4. The Hall–Kier alpha value is -5.95. The molecule has 3 N–H and O–H groups in total. The second kappa shape index (κ2) is 18.4. The van der Waals surface area contributed by atoms with Crippen molar-refractivity contribution in [2.45, 2.75) is 87.7 Å². The highest BCUT2D eigenvalue weighted by Crippen LogP contribution is 2.54. The number of likely N-dealkylation sites (tertiary alicyclic amines) is 1. The summed E-state index contributed by atoms with van der Waals surface area (Å²) in [6.07, 6.45) is 9.41. The number of fused-ring (bicyclic) bond motifs is 3. The zero-order valence-electron chi connectivity index (χ0n) is 39.3. The Morgan fingerprint density at radius 2 is 1.75 bits per heavy atom. The van der Waals surface area contributed by atoms with E-state index in [9.17, 15) is 23.3 Å². The van der Waals surface area contributed by atoms with Gasteiger partial charge < -0.3 is 34.3 Å². The van der Waals surface area contributed by atoms with Gasteiger partial charge in [-0.05, 0) is 104 Å². The third-order valence-corrected chi connectivity index (χ3v) is 16.8. The number of nitro groups is 1. The van der Waals surface area contributed by atoms with E-state index in [4.69, 9.17) is 19.2 Å². The molecule has 364 valence electrons. The van der Waals surface area contributed by atoms with Crippen LogP contribution in [0.5, 0.6) is 11.6 Å². The number of benzene rings is 3. The summed E-state index contributed by atoms with van der Waals surface area (Å²) in [4.78, 5) is 43.2. The Bertz CT molecular complexity index is 2870. The number of morpholine rings is 1. The molecule has 2 atom stereocenters. The molecule has 6 aliphatic rings. The van der Waals surface area contributed by atoms with Crippen molar-refractivity contribution in [1.29, 1.82) is 0 Å². The third-order valence-electron chi connectivity index (χ3n) is 15.5. The maximum atomic E-state index is 14.6. The van der Waals surface area contributed by atoms with Gasteiger partial charge in [-0.3, -0.25) is 24.7 Å². The van der Waals surface area contributed by atoms with Gasteiger partial charge in [0.25, 0.3) is 21.6 Å². The van der Waals surface area contributed by atoms with E-state index in [-0.39, 0.29) is 29.6 Å². The van der Waals surface area contributed by atoms with Crippen molar-refractivity contribution in [3.63, 3.8) is 0 Å². The van der Waals surface area contributed by atoms with Crippen LogP contribution in [0.1, 0.15) is 92.2 Å². The van der Waals surface area contributed by atoms with Gasteiger partial charge in [-0.15, -0.1) is 0 Å². The molecule has 3 aromatic carbocycles. The number of amides is 1. The highest BCUT2D eigenvalue weighted by Gasteiger charge is 2.50. The van der Waals surface area contributed by atoms with Crippen LogP contribution in [0.4, 0.5) is 28.4 Å². The zero-order valence-corrected chi connectivity index (χ0v) is 40.1. The van der Waals surface area contributed by atoms with Gasteiger partial charge in [0.15, 0.2) is 11.4 Å². The van der Waals surface area contributed by atoms with Crippen molar-refractivity contribution in [3.05, 3.63) is 99.7 Å². The lowest BCUT2D eigenvalue weighted by atomic mass is 9.59. The normalized spacial score (nSPS) is 22.0. The van der Waals surface area contributed by atoms with Crippen molar-refractivity contribution >= 4 is 55.4 Å². The molecule has 5 aliphatic heterocycles. The Kier molecular flexibility index (Phi) is 12.1. The number of nitrogens with one attached hydrogen (secondary N) is 3. The lowest BCUT2D eigenvalue weighted by Crippen LogP contribution is -2.55. The van der Waals surface area contributed by atoms with Gasteiger partial charge in [0.05, 0.1) is 46.9 Å². The van der Waals surface area contributed by atoms with Gasteiger partial charge in [-0.2, -0.15) is 4.98 Å². The number of pyridine rings is 1. The molecular weight excluding hydrogens is 899 g/mol. The SMILES string of the molecule is CC(C)c1ccccc1[C@@H]1CCCN1C1CC2(CCN(c3ccc(C(=O)NS(=O)(=O)c4cc5c(c([N+](=O)[O-])c4)N[C@H](CN4CCOCC4)CO5)c(N4CCCOc5nc6[nH]ccc6cc54)c3)CC2)C1. The first-order chi connectivity index (χ1) is 33.4. The second-order valence-electron chi connectivity index (χ2n) is 20.1. The van der Waals surface area contributed by atoms with Gasteiger partial charge in [0, 0.05) is 80.8 Å². The van der Waals surface area contributed by atoms with Gasteiger partial charge in [0.1, 0.15) is 17.9 Å². The molecule has 69 heavy (non-hydrogen) atoms. The molecule has 7 heterocycles. The van der Waals surface area contributed by atoms with Gasteiger partial charge in [0.2, 0.25) is 5.88 Å². The number of hydrogen-bond acceptors (Lipinski definition) is 14. The van der Waals surface area contributed by atoms with Crippen LogP contribution in [0.15, 0.2) is 77.8 Å². The topological polar surface area (TPSA) is 188 Å². The lowest BCUT2D eigenvalue weighted by molar-refractivity contribution is -0.384. The number of H-pyrrole nitrogens is 1. The van der Waals surface area contributed by atoms with Gasteiger partial charge >= 0.3 is 0 Å². The van der Waals surface area contributed by atoms with E-state index >= 15 is 0 Å². The van der Waals surface area contributed by atoms with E-state index in [1.165, 1.54) is 42.9 Å². The first-order valence-corrected chi connectivity index (χ1v) is 26.1. The molecular formula is C51H61N9O8S. The van der Waals surface area contributed by atoms with Crippen molar-refractivity contribution in [1.82, 2.24) is 24.5 Å². The van der Waals surface area contributed by atoms with E-state index in [0.29, 0.717) is 85.6 Å². The van der Waals surface area contributed by atoms with Crippen LogP contribution < -0.4 is 29.3 Å². The maximum Gasteiger partial charge on any atom is 0.297 e. The highest BCUT2D eigenvalue weighted by molar-refractivity contribution is 7.90. The summed E-state index contributed by atoms with van der Waals surface area (Å²) in [7, 11) is -4.65. The van der Waals surface area contributed by atoms with E-state index < -0.39 is 31.4 Å². The second-order valence-corrected chi connectivity index (χ2v) is 21.8. The quantitative estimate of drug-likeness (QED) is 0.0862. The van der Waals surface area contributed by atoms with Crippen molar-refractivity contribution < 1.29 is 32.3 Å². The number of hydrogen-bond donors (Lipinski definition) is 3. The van der Waals surface area contributed by atoms with Crippen LogP contribution in [0.2, 0.25) is 0 Å². The standard InChI is InChI=1S/C51H61N9O8S/c1-33(2)39-7-3-4-8-40(39)42-9-5-16-58(42)37-29-51(30-37)13-18-57(19-14-51)36-10-11-41(43(26-36)59-17-6-22-67-50-45(59)25-34-12-15-52-48(34)54-50)49(61)55-69(64,65)38-27-44(60(62)63)47-46(28-38)68-32-35(53-47)31-56-20-23-66-24-21-56/h3-4,7-8,10-12,15,25-28,33,35,37,42,53H,5-6,9,13-14,16-24,29-32H2,1-2H3,(H,52,54)(H,55,61)/t35-,42+/m1/s1. The van der Waals surface area contributed by atoms with Crippen LogP contribution in [0, 0.1) is 15.5 Å². The van der Waals surface area contributed by atoms with Gasteiger partial charge in [-0.1, -0.05) is 38.1 Å². The van der Waals surface area contributed by atoms with Crippen LogP contribution in [-0.4, -0.2) is 123 Å². The smallest absolute Gasteiger partial charge is 0.297 e. The van der Waals surface area contributed by atoms with Crippen LogP contribution >= 0.6 is 0 Å². The third kappa shape index (κ3) is 8.85. The molecule has 1 spiro atoms. The molecule has 0 radical (unpaired) electrons. The number of aromatic nitrogens is 2. The molecule has 3 saturated heterocycles. The average Bonchev–Trinajstić information content (AvgIpc) is 3.97. The Labute approximate surface area is 402 Å². The first kappa shape index (κ1) is 45.5. The predicted molar refractivity (Wildman–Crippen MR) is 264 cm³/mol. The van der Waals surface area contributed by atoms with E-state index in [2.05, 4.69) is 67.8 Å². The van der Waals surface area contributed by atoms with Crippen molar-refractivity contribution in [2.24, 2.45) is 5.41 Å². The highest BCUT2D eigenvalue weighted by atomic mass is 32.2. The maximum absolute atomic E-state index is 14.6. The minimum atomic E-state index is -4.65. The summed E-state index contributed by atoms with van der Waals surface area (Å²) >= 11 is 0. The Morgan fingerprint density at radius 3 is 2.55 bits per heavy atom. The fourth-order valence-electron chi connectivity index (χ4n) is 11.9. The number of piperidine rings is 1. The van der Waals surface area contributed by atoms with E-state index in [1.807, 2.05) is 35.4 Å². The fraction of sp³-hybridized carbons (Fsp3) is 0.490. The molecule has 1 amide bonds. The van der Waals surface area contributed by atoms with E-state index in [0.717, 1.165) is 62.7 Å². The molecule has 11 rings (SSSR count). The number of nitrogens with zero attached hydrogens (tertiary/aromatic N) is 6. The predicted octanol–water partition coefficient (Wildman–Crippen LogP) is 7.73. The average molecular weight is 960 g/mol. The summed E-state index contributed by atoms with van der Waals surface area (Å²) < 4.78 is 48.3. The molecule has 4 fully saturated rings. The van der Waals surface area contributed by atoms with Crippen LogP contribution in [0.25, 0.3) is 11.0 Å². The lowest BCUT2D eigenvalue weighted by Gasteiger charge is -2.56. The van der Waals surface area contributed by atoms with Crippen LogP contribution in [-0.2, 0) is 14.8 Å². The fourth-order valence-corrected chi connectivity index (χ4v) is 12.9. The molecule has 1 saturated carbocycles. The number of ether oxygens (including phenoxy) is 3. The number of aromatic amines is 1. The summed E-state index contributed by atoms with van der Waals surface area (Å²) in [5.41, 5.74) is 5.79. The number of carbonyl (C=O) groups excluding carboxylic acids is 1. The summed E-state index contributed by atoms with van der Waals surface area (Å²) in [6.45, 7) is 11.7. The number of rotatable bonds is 11. The largest absolute Gasteiger partial charge is 0.489 e. The minimum absolute atomic E-state index is 0.0263. The van der Waals surface area contributed by atoms with E-state index in [1.54, 1.807) is 6.07 Å². The Balaban J connectivity index is 0.848. The number of anilines is 4. The summed E-state index contributed by atoms with van der Waals surface area (Å²) in [6, 6.07) is 21.5. The molecule has 5 aromatic rings. The molecule has 2 aromatic heterocycles. The molecule has 0 bridgehead atoms. The van der Waals surface area contributed by atoms with Crippen molar-refractivity contribution in [2.75, 3.05) is 87.4 Å². The number of carbonyl (C=O) groups is 1. The monoisotopic (exact) mass is 959 g/mol. The first-order valence-electron chi connectivity index (χ1n) is 24.6. The molecule has 0 unspecified atom stereocenters. The molecule has 18 heteroatoms. The molecule has 17 nitrogen and oxygen atoms in total. The minimum Gasteiger partial charge on any atom is -0.489 e. The van der Waals surface area contributed by atoms with Crippen molar-refractivity contribution in [3.8, 4) is 11.6 Å². The summed E-state index contributed by atoms with van der Waals surface area (Å²) in [5.74, 6) is 0.0458. The summed E-state index contributed by atoms with van der Waals surface area (Å²) in [5, 5.41) is 16.5. The Morgan fingerprint density at radius 1 is 0.942 bits per heavy atom. The molecule has 1 aliphatic carbocycles. The van der Waals surface area contributed by atoms with Crippen LogP contribution in [0.3, 0.4) is 0 Å².